The number of halogens is 2. The Morgan fingerprint density at radius 1 is 1.09 bits per heavy atom. The molecule has 0 fully saturated rings. The van der Waals surface area contributed by atoms with Crippen molar-refractivity contribution in [2.45, 2.75) is 6.61 Å². The minimum absolute atomic E-state index is 0.105. The third kappa shape index (κ3) is 2.78. The van der Waals surface area contributed by atoms with Crippen LogP contribution >= 0.6 is 0 Å². The number of benzene rings is 1. The van der Waals surface area contributed by atoms with E-state index in [1.807, 2.05) is 0 Å². The van der Waals surface area contributed by atoms with Crippen molar-refractivity contribution in [1.82, 2.24) is 15.0 Å². The Hall–Kier alpha value is -2.83. The van der Waals surface area contributed by atoms with Crippen molar-refractivity contribution in [2.75, 3.05) is 12.4 Å². The maximum Gasteiger partial charge on any atom is 0.387 e. The van der Waals surface area contributed by atoms with Gasteiger partial charge >= 0.3 is 6.61 Å². The van der Waals surface area contributed by atoms with Gasteiger partial charge in [0.2, 0.25) is 0 Å². The van der Waals surface area contributed by atoms with Gasteiger partial charge < -0.3 is 10.1 Å². The SMILES string of the molecule is CNc1nc(-c2ccc(OC(F)F)cc2)cc2nccnc12. The molecule has 1 aromatic carbocycles. The Morgan fingerprint density at radius 3 is 2.50 bits per heavy atom. The lowest BCUT2D eigenvalue weighted by Gasteiger charge is -2.09. The zero-order valence-electron chi connectivity index (χ0n) is 11.6. The highest BCUT2D eigenvalue weighted by atomic mass is 19.3. The topological polar surface area (TPSA) is 59.9 Å². The summed E-state index contributed by atoms with van der Waals surface area (Å²) in [6.07, 6.45) is 3.20. The minimum Gasteiger partial charge on any atom is -0.435 e. The summed E-state index contributed by atoms with van der Waals surface area (Å²) >= 11 is 0. The Kier molecular flexibility index (Phi) is 3.78. The molecule has 0 unspecified atom stereocenters. The molecule has 2 aromatic heterocycles. The van der Waals surface area contributed by atoms with Crippen LogP contribution in [-0.4, -0.2) is 28.6 Å². The van der Waals surface area contributed by atoms with E-state index in [2.05, 4.69) is 25.0 Å². The van der Waals surface area contributed by atoms with Gasteiger partial charge in [-0.3, -0.25) is 4.98 Å². The van der Waals surface area contributed by atoms with Gasteiger partial charge in [-0.2, -0.15) is 8.78 Å². The van der Waals surface area contributed by atoms with Crippen molar-refractivity contribution >= 4 is 16.9 Å². The first-order valence-corrected chi connectivity index (χ1v) is 6.52. The molecule has 0 aliphatic carbocycles. The Balaban J connectivity index is 2.02. The quantitative estimate of drug-likeness (QED) is 0.801. The van der Waals surface area contributed by atoms with Crippen LogP contribution in [0.15, 0.2) is 42.7 Å². The predicted molar refractivity (Wildman–Crippen MR) is 78.9 cm³/mol. The fourth-order valence-electron chi connectivity index (χ4n) is 2.10. The molecule has 0 aliphatic rings. The van der Waals surface area contributed by atoms with E-state index >= 15 is 0 Å². The summed E-state index contributed by atoms with van der Waals surface area (Å²) < 4.78 is 28.7. The molecule has 7 heteroatoms. The largest absolute Gasteiger partial charge is 0.435 e. The number of anilines is 1. The zero-order valence-corrected chi connectivity index (χ0v) is 11.6. The Bertz CT molecular complexity index is 793. The standard InChI is InChI=1S/C15H12F2N4O/c1-18-14-13-12(19-6-7-20-13)8-11(21-14)9-2-4-10(5-3-9)22-15(16)17/h2-8,15H,1H3,(H,18,21). The lowest BCUT2D eigenvalue weighted by molar-refractivity contribution is -0.0498. The number of pyridine rings is 1. The number of aromatic nitrogens is 3. The molecule has 1 N–H and O–H groups in total. The van der Waals surface area contributed by atoms with Crippen molar-refractivity contribution in [3.63, 3.8) is 0 Å². The summed E-state index contributed by atoms with van der Waals surface area (Å²) in [5.74, 6) is 0.710. The second-order valence-electron chi connectivity index (χ2n) is 4.43. The lowest BCUT2D eigenvalue weighted by Crippen LogP contribution is -2.01. The molecule has 0 saturated heterocycles. The van der Waals surface area contributed by atoms with E-state index in [0.29, 0.717) is 22.5 Å². The van der Waals surface area contributed by atoms with Crippen LogP contribution in [0.4, 0.5) is 14.6 Å². The Morgan fingerprint density at radius 2 is 1.82 bits per heavy atom. The average molecular weight is 302 g/mol. The van der Waals surface area contributed by atoms with Crippen LogP contribution in [-0.2, 0) is 0 Å². The highest BCUT2D eigenvalue weighted by Crippen LogP contribution is 2.26. The summed E-state index contributed by atoms with van der Waals surface area (Å²) in [7, 11) is 1.75. The predicted octanol–water partition coefficient (Wildman–Crippen LogP) is 3.33. The molecule has 0 amide bonds. The number of alkyl halides is 2. The molecule has 0 saturated carbocycles. The van der Waals surface area contributed by atoms with Gasteiger partial charge in [0.25, 0.3) is 0 Å². The van der Waals surface area contributed by atoms with Crippen molar-refractivity contribution < 1.29 is 13.5 Å². The molecule has 0 atom stereocenters. The maximum absolute atomic E-state index is 12.2. The number of fused-ring (bicyclic) bond motifs is 1. The first-order valence-electron chi connectivity index (χ1n) is 6.52. The maximum atomic E-state index is 12.2. The smallest absolute Gasteiger partial charge is 0.387 e. The molecule has 22 heavy (non-hydrogen) atoms. The number of hydrogen-bond acceptors (Lipinski definition) is 5. The van der Waals surface area contributed by atoms with Gasteiger partial charge in [0.1, 0.15) is 11.3 Å². The summed E-state index contributed by atoms with van der Waals surface area (Å²) in [4.78, 5) is 13.0. The van der Waals surface area contributed by atoms with Crippen LogP contribution in [0.2, 0.25) is 0 Å². The van der Waals surface area contributed by atoms with Gasteiger partial charge in [0, 0.05) is 25.0 Å². The number of nitrogens with zero attached hydrogens (tertiary/aromatic N) is 3. The van der Waals surface area contributed by atoms with E-state index in [1.165, 1.54) is 12.1 Å². The molecule has 5 nitrogen and oxygen atoms in total. The fourth-order valence-corrected chi connectivity index (χ4v) is 2.10. The lowest BCUT2D eigenvalue weighted by atomic mass is 10.1. The monoisotopic (exact) mass is 302 g/mol. The summed E-state index contributed by atoms with van der Waals surface area (Å²) in [5, 5.41) is 2.98. The van der Waals surface area contributed by atoms with Crippen LogP contribution < -0.4 is 10.1 Å². The normalized spacial score (nSPS) is 10.9. The zero-order chi connectivity index (χ0) is 15.5. The summed E-state index contributed by atoms with van der Waals surface area (Å²) in [6.45, 7) is -2.84. The van der Waals surface area contributed by atoms with Gasteiger partial charge in [0.15, 0.2) is 5.82 Å². The van der Waals surface area contributed by atoms with E-state index in [1.54, 1.807) is 37.6 Å². The summed E-state index contributed by atoms with van der Waals surface area (Å²) in [6, 6.07) is 8.09. The van der Waals surface area contributed by atoms with Crippen molar-refractivity contribution in [1.29, 1.82) is 0 Å². The number of hydrogen-bond donors (Lipinski definition) is 1. The van der Waals surface area contributed by atoms with Gasteiger partial charge in [-0.1, -0.05) is 0 Å². The second kappa shape index (κ2) is 5.88. The van der Waals surface area contributed by atoms with Crippen molar-refractivity contribution in [3.05, 3.63) is 42.7 Å². The average Bonchev–Trinajstić information content (AvgIpc) is 2.54. The van der Waals surface area contributed by atoms with Gasteiger partial charge in [0.05, 0.1) is 11.2 Å². The van der Waals surface area contributed by atoms with Crippen LogP contribution in [0.5, 0.6) is 5.75 Å². The molecule has 112 valence electrons. The molecular weight excluding hydrogens is 290 g/mol. The van der Waals surface area contributed by atoms with E-state index in [-0.39, 0.29) is 5.75 Å². The first kappa shape index (κ1) is 14.1. The second-order valence-corrected chi connectivity index (χ2v) is 4.43. The Labute approximate surface area is 125 Å². The van der Waals surface area contributed by atoms with Crippen molar-refractivity contribution in [2.24, 2.45) is 0 Å². The van der Waals surface area contributed by atoms with Crippen molar-refractivity contribution in [3.8, 4) is 17.0 Å². The van der Waals surface area contributed by atoms with E-state index < -0.39 is 6.61 Å². The number of ether oxygens (including phenoxy) is 1. The highest BCUT2D eigenvalue weighted by Gasteiger charge is 2.09. The molecule has 3 rings (SSSR count). The van der Waals surface area contributed by atoms with Gasteiger partial charge in [-0.25, -0.2) is 9.97 Å². The molecular formula is C15H12F2N4O. The third-order valence-electron chi connectivity index (χ3n) is 3.07. The fraction of sp³-hybridized carbons (Fsp3) is 0.133. The van der Waals surface area contributed by atoms with Crippen LogP contribution in [0.3, 0.4) is 0 Å². The van der Waals surface area contributed by atoms with Crippen LogP contribution in [0.1, 0.15) is 0 Å². The van der Waals surface area contributed by atoms with Gasteiger partial charge in [-0.15, -0.1) is 0 Å². The van der Waals surface area contributed by atoms with Gasteiger partial charge in [-0.05, 0) is 30.3 Å². The van der Waals surface area contributed by atoms with Crippen LogP contribution in [0, 0.1) is 0 Å². The van der Waals surface area contributed by atoms with E-state index in [4.69, 9.17) is 0 Å². The minimum atomic E-state index is -2.84. The molecule has 0 bridgehead atoms. The molecule has 0 spiro atoms. The van der Waals surface area contributed by atoms with Crippen LogP contribution in [0.25, 0.3) is 22.3 Å². The highest BCUT2D eigenvalue weighted by molar-refractivity contribution is 5.88. The van der Waals surface area contributed by atoms with E-state index in [9.17, 15) is 8.78 Å². The number of rotatable bonds is 4. The van der Waals surface area contributed by atoms with E-state index in [0.717, 1.165) is 5.56 Å². The first-order chi connectivity index (χ1) is 10.7. The third-order valence-corrected chi connectivity index (χ3v) is 3.07. The molecule has 0 aliphatic heterocycles. The number of nitrogens with one attached hydrogen (secondary N) is 1. The molecule has 2 heterocycles. The molecule has 0 radical (unpaired) electrons. The molecule has 3 aromatic rings. The summed E-state index contributed by atoms with van der Waals surface area (Å²) in [5.41, 5.74) is 2.81.